The summed E-state index contributed by atoms with van der Waals surface area (Å²) in [6.45, 7) is 2.00. The molecule has 0 fully saturated rings. The van der Waals surface area contributed by atoms with Crippen LogP contribution in [0.25, 0.3) is 22.4 Å². The van der Waals surface area contributed by atoms with E-state index in [1.54, 1.807) is 18.4 Å². The van der Waals surface area contributed by atoms with Gasteiger partial charge in [-0.25, -0.2) is 13.8 Å². The molecule has 1 N–H and O–H groups in total. The number of carbonyl (C=O) groups excluding carboxylic acids is 1. The molecule has 0 saturated heterocycles. The molecule has 29 heavy (non-hydrogen) atoms. The summed E-state index contributed by atoms with van der Waals surface area (Å²) >= 11 is 0. The number of aryl methyl sites for hydroxylation is 1. The number of nitrogens with zero attached hydrogens (tertiary/aromatic N) is 1. The Balaban J connectivity index is 1.59. The summed E-state index contributed by atoms with van der Waals surface area (Å²) in [6.07, 6.45) is 2.96. The molecular formula is C23H16F2N2O2. The van der Waals surface area contributed by atoms with Crippen molar-refractivity contribution in [3.8, 4) is 22.4 Å². The molecule has 1 heterocycles. The number of nitrogens with one attached hydrogen (secondary N) is 1. The number of aromatic nitrogens is 1. The number of amides is 1. The summed E-state index contributed by atoms with van der Waals surface area (Å²) in [6, 6.07) is 16.3. The summed E-state index contributed by atoms with van der Waals surface area (Å²) in [5.74, 6) is -2.64. The Bertz CT molecular complexity index is 1150. The Morgan fingerprint density at radius 1 is 0.966 bits per heavy atom. The first-order chi connectivity index (χ1) is 14.0. The van der Waals surface area contributed by atoms with Gasteiger partial charge in [-0.15, -0.1) is 0 Å². The van der Waals surface area contributed by atoms with Crippen molar-refractivity contribution >= 4 is 11.6 Å². The number of carbonyl (C=O) groups is 1. The molecule has 0 saturated carbocycles. The molecule has 4 nitrogen and oxygen atoms in total. The highest BCUT2D eigenvalue weighted by atomic mass is 19.1. The van der Waals surface area contributed by atoms with Gasteiger partial charge < -0.3 is 9.73 Å². The second kappa shape index (κ2) is 7.67. The van der Waals surface area contributed by atoms with Crippen molar-refractivity contribution in [3.05, 3.63) is 96.1 Å². The van der Waals surface area contributed by atoms with Crippen molar-refractivity contribution in [2.24, 2.45) is 0 Å². The van der Waals surface area contributed by atoms with Gasteiger partial charge in [-0.2, -0.15) is 0 Å². The Morgan fingerprint density at radius 2 is 1.66 bits per heavy atom. The fourth-order valence-electron chi connectivity index (χ4n) is 3.09. The van der Waals surface area contributed by atoms with Gasteiger partial charge >= 0.3 is 0 Å². The fourth-order valence-corrected chi connectivity index (χ4v) is 3.09. The summed E-state index contributed by atoms with van der Waals surface area (Å²) in [5.41, 5.74) is 4.50. The maximum atomic E-state index is 13.8. The normalized spacial score (nSPS) is 10.7. The minimum atomic E-state index is -0.903. The number of rotatable bonds is 4. The highest BCUT2D eigenvalue weighted by Crippen LogP contribution is 2.29. The molecule has 0 aliphatic carbocycles. The molecule has 0 spiro atoms. The van der Waals surface area contributed by atoms with Gasteiger partial charge in [0.15, 0.2) is 6.39 Å². The van der Waals surface area contributed by atoms with E-state index in [0.29, 0.717) is 5.69 Å². The number of hydrogen-bond donors (Lipinski definition) is 1. The standard InChI is InChI=1S/C23H16F2N2O2/c1-14-5-6-16(21-12-29-13-26-21)11-18(14)15-7-9-17(10-8-15)27-23(28)22-19(24)3-2-4-20(22)25/h2-13H,1H3,(H,27,28). The number of anilines is 1. The predicted octanol–water partition coefficient (Wildman–Crippen LogP) is 5.85. The minimum Gasteiger partial charge on any atom is -0.451 e. The molecule has 0 bridgehead atoms. The molecule has 4 rings (SSSR count). The Labute approximate surface area is 165 Å². The Hall–Kier alpha value is -3.80. The molecule has 4 aromatic rings. The van der Waals surface area contributed by atoms with Gasteiger partial charge in [0.1, 0.15) is 29.2 Å². The predicted molar refractivity (Wildman–Crippen MR) is 106 cm³/mol. The summed E-state index contributed by atoms with van der Waals surface area (Å²) < 4.78 is 32.6. The smallest absolute Gasteiger partial charge is 0.261 e. The van der Waals surface area contributed by atoms with Crippen molar-refractivity contribution < 1.29 is 18.0 Å². The lowest BCUT2D eigenvalue weighted by Crippen LogP contribution is -2.15. The van der Waals surface area contributed by atoms with E-state index in [2.05, 4.69) is 10.3 Å². The van der Waals surface area contributed by atoms with Crippen molar-refractivity contribution in [2.45, 2.75) is 6.92 Å². The van der Waals surface area contributed by atoms with Crippen LogP contribution in [-0.4, -0.2) is 10.9 Å². The molecule has 0 aliphatic heterocycles. The zero-order valence-electron chi connectivity index (χ0n) is 15.4. The van der Waals surface area contributed by atoms with E-state index in [1.165, 1.54) is 12.5 Å². The van der Waals surface area contributed by atoms with Crippen molar-refractivity contribution in [3.63, 3.8) is 0 Å². The van der Waals surface area contributed by atoms with Crippen LogP contribution in [0, 0.1) is 18.6 Å². The van der Waals surface area contributed by atoms with Crippen LogP contribution in [0.5, 0.6) is 0 Å². The average Bonchev–Trinajstić information content (AvgIpc) is 3.24. The highest BCUT2D eigenvalue weighted by Gasteiger charge is 2.17. The van der Waals surface area contributed by atoms with Crippen LogP contribution in [0.15, 0.2) is 77.7 Å². The molecule has 1 amide bonds. The van der Waals surface area contributed by atoms with Gasteiger partial charge in [-0.3, -0.25) is 4.79 Å². The van der Waals surface area contributed by atoms with E-state index < -0.39 is 23.1 Å². The van der Waals surface area contributed by atoms with Crippen molar-refractivity contribution in [1.29, 1.82) is 0 Å². The SMILES string of the molecule is Cc1ccc(-c2cocn2)cc1-c1ccc(NC(=O)c2c(F)cccc2F)cc1. The van der Waals surface area contributed by atoms with Crippen LogP contribution >= 0.6 is 0 Å². The fraction of sp³-hybridized carbons (Fsp3) is 0.0435. The van der Waals surface area contributed by atoms with Gasteiger partial charge in [0.25, 0.3) is 5.91 Å². The molecule has 0 aliphatic rings. The quantitative estimate of drug-likeness (QED) is 0.476. The van der Waals surface area contributed by atoms with Crippen molar-refractivity contribution in [1.82, 2.24) is 4.98 Å². The molecule has 0 atom stereocenters. The maximum absolute atomic E-state index is 13.8. The monoisotopic (exact) mass is 390 g/mol. The van der Waals surface area contributed by atoms with Crippen LogP contribution < -0.4 is 5.32 Å². The third-order valence-electron chi connectivity index (χ3n) is 4.61. The average molecular weight is 390 g/mol. The van der Waals surface area contributed by atoms with Gasteiger partial charge in [0.05, 0.1) is 0 Å². The van der Waals surface area contributed by atoms with Crippen LogP contribution in [0.2, 0.25) is 0 Å². The zero-order chi connectivity index (χ0) is 20.4. The third-order valence-corrected chi connectivity index (χ3v) is 4.61. The summed E-state index contributed by atoms with van der Waals surface area (Å²) in [7, 11) is 0. The largest absolute Gasteiger partial charge is 0.451 e. The first-order valence-electron chi connectivity index (χ1n) is 8.88. The van der Waals surface area contributed by atoms with E-state index in [0.717, 1.165) is 40.1 Å². The molecule has 1 aromatic heterocycles. The van der Waals surface area contributed by atoms with Gasteiger partial charge in [-0.05, 0) is 53.9 Å². The molecule has 3 aromatic carbocycles. The number of hydrogen-bond acceptors (Lipinski definition) is 3. The van der Waals surface area contributed by atoms with E-state index >= 15 is 0 Å². The molecule has 0 unspecified atom stereocenters. The lowest BCUT2D eigenvalue weighted by atomic mass is 9.97. The second-order valence-corrected chi connectivity index (χ2v) is 6.53. The molecule has 144 valence electrons. The van der Waals surface area contributed by atoms with Gasteiger partial charge in [0, 0.05) is 11.3 Å². The molecular weight excluding hydrogens is 374 g/mol. The number of oxazole rings is 1. The minimum absolute atomic E-state index is 0.437. The van der Waals surface area contributed by atoms with Crippen LogP contribution in [-0.2, 0) is 0 Å². The second-order valence-electron chi connectivity index (χ2n) is 6.53. The summed E-state index contributed by atoms with van der Waals surface area (Å²) in [5, 5.41) is 2.53. The molecule has 0 radical (unpaired) electrons. The zero-order valence-corrected chi connectivity index (χ0v) is 15.4. The maximum Gasteiger partial charge on any atom is 0.261 e. The van der Waals surface area contributed by atoms with E-state index in [4.69, 9.17) is 4.42 Å². The number of halogens is 2. The van der Waals surface area contributed by atoms with Gasteiger partial charge in [0.2, 0.25) is 0 Å². The first-order valence-corrected chi connectivity index (χ1v) is 8.88. The van der Waals surface area contributed by atoms with Crippen LogP contribution in [0.1, 0.15) is 15.9 Å². The number of benzene rings is 3. The van der Waals surface area contributed by atoms with E-state index in [9.17, 15) is 13.6 Å². The summed E-state index contributed by atoms with van der Waals surface area (Å²) in [4.78, 5) is 16.4. The topological polar surface area (TPSA) is 55.1 Å². The van der Waals surface area contributed by atoms with E-state index in [1.807, 2.05) is 37.3 Å². The van der Waals surface area contributed by atoms with Crippen LogP contribution in [0.3, 0.4) is 0 Å². The Kier molecular flexibility index (Phi) is 4.91. The Morgan fingerprint density at radius 3 is 2.31 bits per heavy atom. The highest BCUT2D eigenvalue weighted by molar-refractivity contribution is 6.04. The lowest BCUT2D eigenvalue weighted by Gasteiger charge is -2.10. The third kappa shape index (κ3) is 3.78. The van der Waals surface area contributed by atoms with Crippen molar-refractivity contribution in [2.75, 3.05) is 5.32 Å². The van der Waals surface area contributed by atoms with Gasteiger partial charge in [-0.1, -0.05) is 30.3 Å². The molecule has 6 heteroatoms. The van der Waals surface area contributed by atoms with E-state index in [-0.39, 0.29) is 0 Å². The lowest BCUT2D eigenvalue weighted by molar-refractivity contribution is 0.101. The first kappa shape index (κ1) is 18.6. The van der Waals surface area contributed by atoms with Crippen LogP contribution in [0.4, 0.5) is 14.5 Å².